The number of aromatic carboxylic acids is 1. The van der Waals surface area contributed by atoms with E-state index >= 15 is 0 Å². The SMILES string of the molecule is O=C(O)c1ccccc1SCc1cccc(-n2ccc3c(-c4ccccc4)cccc32)c1. The van der Waals surface area contributed by atoms with Crippen LogP contribution in [0, 0.1) is 0 Å². The van der Waals surface area contributed by atoms with Crippen LogP contribution in [-0.2, 0) is 5.75 Å². The van der Waals surface area contributed by atoms with E-state index in [2.05, 4.69) is 83.6 Å². The lowest BCUT2D eigenvalue weighted by Crippen LogP contribution is -1.98. The van der Waals surface area contributed by atoms with E-state index in [4.69, 9.17) is 0 Å². The number of thioether (sulfide) groups is 1. The highest BCUT2D eigenvalue weighted by Crippen LogP contribution is 2.32. The molecule has 0 radical (unpaired) electrons. The Balaban J connectivity index is 1.46. The average Bonchev–Trinajstić information content (AvgIpc) is 3.28. The molecule has 0 aliphatic rings. The molecule has 32 heavy (non-hydrogen) atoms. The summed E-state index contributed by atoms with van der Waals surface area (Å²) in [5, 5.41) is 10.6. The summed E-state index contributed by atoms with van der Waals surface area (Å²) in [5.41, 5.74) is 6.17. The minimum Gasteiger partial charge on any atom is -0.478 e. The van der Waals surface area contributed by atoms with Crippen LogP contribution >= 0.6 is 11.8 Å². The number of hydrogen-bond donors (Lipinski definition) is 1. The molecular formula is C28H21NO2S. The molecule has 0 atom stereocenters. The monoisotopic (exact) mass is 435 g/mol. The van der Waals surface area contributed by atoms with Crippen molar-refractivity contribution in [2.24, 2.45) is 0 Å². The van der Waals surface area contributed by atoms with Crippen LogP contribution in [0.25, 0.3) is 27.7 Å². The number of aromatic nitrogens is 1. The maximum absolute atomic E-state index is 11.5. The minimum atomic E-state index is -0.894. The van der Waals surface area contributed by atoms with Gasteiger partial charge >= 0.3 is 5.97 Å². The van der Waals surface area contributed by atoms with Crippen LogP contribution in [0.1, 0.15) is 15.9 Å². The van der Waals surface area contributed by atoms with Crippen LogP contribution in [0.15, 0.2) is 114 Å². The van der Waals surface area contributed by atoms with Gasteiger partial charge in [0.05, 0.1) is 11.1 Å². The van der Waals surface area contributed by atoms with Gasteiger partial charge in [-0.3, -0.25) is 0 Å². The van der Waals surface area contributed by atoms with Crippen LogP contribution < -0.4 is 0 Å². The van der Waals surface area contributed by atoms with Gasteiger partial charge in [-0.05, 0) is 53.1 Å². The van der Waals surface area contributed by atoms with Crippen LogP contribution in [0.3, 0.4) is 0 Å². The van der Waals surface area contributed by atoms with Crippen molar-refractivity contribution in [3.05, 3.63) is 120 Å². The quantitative estimate of drug-likeness (QED) is 0.285. The third kappa shape index (κ3) is 3.93. The molecule has 0 saturated carbocycles. The van der Waals surface area contributed by atoms with E-state index in [1.807, 2.05) is 18.2 Å². The van der Waals surface area contributed by atoms with Gasteiger partial charge in [0.25, 0.3) is 0 Å². The number of benzene rings is 4. The Morgan fingerprint density at radius 3 is 2.44 bits per heavy atom. The standard InChI is InChI=1S/C28H21NO2S/c30-28(31)25-12-4-5-15-27(25)32-19-20-8-6-11-22(18-20)29-17-16-24-23(13-7-14-26(24)29)21-9-2-1-3-10-21/h1-18H,19H2,(H,30,31). The van der Waals surface area contributed by atoms with E-state index < -0.39 is 5.97 Å². The summed E-state index contributed by atoms with van der Waals surface area (Å²) in [7, 11) is 0. The molecule has 0 unspecified atom stereocenters. The fraction of sp³-hybridized carbons (Fsp3) is 0.0357. The molecule has 0 bridgehead atoms. The van der Waals surface area contributed by atoms with Crippen molar-refractivity contribution in [3.8, 4) is 16.8 Å². The van der Waals surface area contributed by atoms with Gasteiger partial charge in [0.1, 0.15) is 0 Å². The minimum absolute atomic E-state index is 0.346. The highest BCUT2D eigenvalue weighted by Gasteiger charge is 2.11. The van der Waals surface area contributed by atoms with Crippen molar-refractivity contribution in [3.63, 3.8) is 0 Å². The molecular weight excluding hydrogens is 414 g/mol. The van der Waals surface area contributed by atoms with Crippen molar-refractivity contribution in [2.75, 3.05) is 0 Å². The Labute approximate surface area is 191 Å². The van der Waals surface area contributed by atoms with Crippen molar-refractivity contribution in [1.82, 2.24) is 4.57 Å². The van der Waals surface area contributed by atoms with Crippen molar-refractivity contribution >= 4 is 28.6 Å². The van der Waals surface area contributed by atoms with Crippen LogP contribution in [0.4, 0.5) is 0 Å². The molecule has 1 N–H and O–H groups in total. The summed E-state index contributed by atoms with van der Waals surface area (Å²) < 4.78 is 2.21. The lowest BCUT2D eigenvalue weighted by Gasteiger charge is -2.10. The summed E-state index contributed by atoms with van der Waals surface area (Å²) in [6.07, 6.45) is 2.11. The third-order valence-electron chi connectivity index (χ3n) is 5.52. The van der Waals surface area contributed by atoms with Crippen molar-refractivity contribution < 1.29 is 9.90 Å². The van der Waals surface area contributed by atoms with E-state index in [1.54, 1.807) is 23.9 Å². The molecule has 3 nitrogen and oxygen atoms in total. The lowest BCUT2D eigenvalue weighted by molar-refractivity contribution is 0.0693. The maximum atomic E-state index is 11.5. The second-order valence-electron chi connectivity index (χ2n) is 7.55. The van der Waals surface area contributed by atoms with E-state index in [-0.39, 0.29) is 0 Å². The number of nitrogens with zero attached hydrogens (tertiary/aromatic N) is 1. The maximum Gasteiger partial charge on any atom is 0.336 e. The molecule has 1 heterocycles. The van der Waals surface area contributed by atoms with E-state index in [0.29, 0.717) is 11.3 Å². The van der Waals surface area contributed by atoms with Gasteiger partial charge in [-0.15, -0.1) is 11.8 Å². The fourth-order valence-electron chi connectivity index (χ4n) is 3.99. The number of rotatable bonds is 6. The molecule has 0 fully saturated rings. The van der Waals surface area contributed by atoms with Crippen LogP contribution in [0.2, 0.25) is 0 Å². The molecule has 5 rings (SSSR count). The molecule has 0 aliphatic heterocycles. The second-order valence-corrected chi connectivity index (χ2v) is 8.57. The number of hydrogen-bond acceptors (Lipinski definition) is 2. The number of fused-ring (bicyclic) bond motifs is 1. The third-order valence-corrected chi connectivity index (χ3v) is 6.66. The molecule has 0 amide bonds. The van der Waals surface area contributed by atoms with Gasteiger partial charge in [0.2, 0.25) is 0 Å². The van der Waals surface area contributed by atoms with Gasteiger partial charge in [0, 0.05) is 27.9 Å². The van der Waals surface area contributed by atoms with Gasteiger partial charge in [0.15, 0.2) is 0 Å². The molecule has 0 saturated heterocycles. The highest BCUT2D eigenvalue weighted by molar-refractivity contribution is 7.98. The first-order chi connectivity index (χ1) is 15.7. The number of carbonyl (C=O) groups is 1. The zero-order chi connectivity index (χ0) is 21.9. The Morgan fingerprint density at radius 1 is 0.812 bits per heavy atom. The van der Waals surface area contributed by atoms with E-state index in [9.17, 15) is 9.90 Å². The first kappa shape index (κ1) is 20.2. The summed E-state index contributed by atoms with van der Waals surface area (Å²) in [6.45, 7) is 0. The predicted octanol–water partition coefficient (Wildman–Crippen LogP) is 7.29. The smallest absolute Gasteiger partial charge is 0.336 e. The van der Waals surface area contributed by atoms with Crippen molar-refractivity contribution in [1.29, 1.82) is 0 Å². The molecule has 5 aromatic rings. The molecule has 0 aliphatic carbocycles. The summed E-state index contributed by atoms with van der Waals surface area (Å²) >= 11 is 1.55. The zero-order valence-corrected chi connectivity index (χ0v) is 18.1. The Morgan fingerprint density at radius 2 is 1.59 bits per heavy atom. The van der Waals surface area contributed by atoms with Crippen molar-refractivity contribution in [2.45, 2.75) is 10.6 Å². The highest BCUT2D eigenvalue weighted by atomic mass is 32.2. The summed E-state index contributed by atoms with van der Waals surface area (Å²) in [4.78, 5) is 12.3. The normalized spacial score (nSPS) is 11.0. The molecule has 1 aromatic heterocycles. The van der Waals surface area contributed by atoms with E-state index in [0.717, 1.165) is 21.7 Å². The van der Waals surface area contributed by atoms with Gasteiger partial charge < -0.3 is 9.67 Å². The Kier molecular flexibility index (Phi) is 5.53. The first-order valence-electron chi connectivity index (χ1n) is 10.4. The van der Waals surface area contributed by atoms with Gasteiger partial charge in [-0.1, -0.05) is 66.7 Å². The van der Waals surface area contributed by atoms with Crippen LogP contribution in [0.5, 0.6) is 0 Å². The zero-order valence-electron chi connectivity index (χ0n) is 17.3. The number of carboxylic acids is 1. The summed E-state index contributed by atoms with van der Waals surface area (Å²) in [6, 6.07) is 34.6. The largest absolute Gasteiger partial charge is 0.478 e. The molecule has 0 spiro atoms. The van der Waals surface area contributed by atoms with E-state index in [1.165, 1.54) is 16.5 Å². The molecule has 4 aromatic carbocycles. The predicted molar refractivity (Wildman–Crippen MR) is 132 cm³/mol. The lowest BCUT2D eigenvalue weighted by atomic mass is 10.0. The fourth-order valence-corrected chi connectivity index (χ4v) is 4.98. The van der Waals surface area contributed by atoms with Gasteiger partial charge in [-0.25, -0.2) is 4.79 Å². The Bertz CT molecular complexity index is 1410. The first-order valence-corrected chi connectivity index (χ1v) is 11.4. The summed E-state index contributed by atoms with van der Waals surface area (Å²) in [5.74, 6) is -0.193. The van der Waals surface area contributed by atoms with Gasteiger partial charge in [-0.2, -0.15) is 0 Å². The van der Waals surface area contributed by atoms with Crippen LogP contribution in [-0.4, -0.2) is 15.6 Å². The average molecular weight is 436 g/mol. The Hall–Kier alpha value is -3.76. The number of carboxylic acid groups (broad SMARTS) is 1. The molecule has 4 heteroatoms. The second kappa shape index (κ2) is 8.77. The topological polar surface area (TPSA) is 42.2 Å². The molecule has 156 valence electrons.